The third kappa shape index (κ3) is 8.52. The van der Waals surface area contributed by atoms with Crippen molar-refractivity contribution in [1.29, 1.82) is 5.41 Å². The highest BCUT2D eigenvalue weighted by molar-refractivity contribution is 5.95. The fraction of sp³-hybridized carbons (Fsp3) is 0.407. The summed E-state index contributed by atoms with van der Waals surface area (Å²) in [4.78, 5) is 36.1. The Labute approximate surface area is 215 Å². The monoisotopic (exact) mass is 511 g/mol. The zero-order chi connectivity index (χ0) is 26.9. The van der Waals surface area contributed by atoms with Crippen molar-refractivity contribution in [2.75, 3.05) is 13.2 Å². The summed E-state index contributed by atoms with van der Waals surface area (Å²) in [5.74, 6) is -0.619. The molecule has 37 heavy (non-hydrogen) atoms. The molecular weight excluding hydrogens is 478 g/mol. The Morgan fingerprint density at radius 3 is 2.24 bits per heavy atom. The molecule has 0 spiro atoms. The highest BCUT2D eigenvalue weighted by atomic mass is 16.8. The van der Waals surface area contributed by atoms with Gasteiger partial charge >= 0.3 is 12.1 Å². The summed E-state index contributed by atoms with van der Waals surface area (Å²) in [7, 11) is 0. The minimum atomic E-state index is -1.12. The van der Waals surface area contributed by atoms with Gasteiger partial charge in [-0.05, 0) is 35.6 Å². The van der Waals surface area contributed by atoms with Crippen molar-refractivity contribution in [3.63, 3.8) is 0 Å². The number of nitrogens with one attached hydrogen (secondary N) is 2. The third-order valence-electron chi connectivity index (χ3n) is 5.63. The molecule has 1 aliphatic heterocycles. The number of amides is 1. The first-order chi connectivity index (χ1) is 17.6. The van der Waals surface area contributed by atoms with Gasteiger partial charge in [-0.25, -0.2) is 4.79 Å². The second-order valence-corrected chi connectivity index (χ2v) is 9.30. The second-order valence-electron chi connectivity index (χ2n) is 9.30. The lowest BCUT2D eigenvalue weighted by atomic mass is 10.0. The van der Waals surface area contributed by atoms with E-state index in [-0.39, 0.29) is 43.3 Å². The summed E-state index contributed by atoms with van der Waals surface area (Å²) in [5.41, 5.74) is 8.14. The van der Waals surface area contributed by atoms with Crippen LogP contribution in [0.4, 0.5) is 4.79 Å². The van der Waals surface area contributed by atoms with Crippen molar-refractivity contribution in [3.8, 4) is 16.9 Å². The number of nitrogen functional groups attached to an aromatic ring is 1. The van der Waals surface area contributed by atoms with Gasteiger partial charge in [0.25, 0.3) is 0 Å². The SMILES string of the molecule is CC(C)COC(=O)OC(C)OC(=O)C[C@@H]1C[C@@H](COc2ccc(-c3ccc(C(=N)N)cc3)cc2)NC1=O. The van der Waals surface area contributed by atoms with Crippen LogP contribution in [0.1, 0.15) is 39.2 Å². The topological polar surface area (TPSA) is 150 Å². The summed E-state index contributed by atoms with van der Waals surface area (Å²) in [6, 6.07) is 14.7. The molecule has 4 N–H and O–H groups in total. The highest BCUT2D eigenvalue weighted by Gasteiger charge is 2.34. The summed E-state index contributed by atoms with van der Waals surface area (Å²) in [5, 5.41) is 10.3. The Hall–Kier alpha value is -4.08. The molecular formula is C27H33N3O7. The van der Waals surface area contributed by atoms with Crippen LogP contribution < -0.4 is 15.8 Å². The minimum Gasteiger partial charge on any atom is -0.491 e. The van der Waals surface area contributed by atoms with Gasteiger partial charge in [-0.15, -0.1) is 0 Å². The lowest BCUT2D eigenvalue weighted by Gasteiger charge is -2.15. The Kier molecular flexibility index (Phi) is 9.48. The number of hydrogen-bond acceptors (Lipinski definition) is 8. The maximum atomic E-state index is 12.3. The first-order valence-corrected chi connectivity index (χ1v) is 12.1. The quantitative estimate of drug-likeness (QED) is 0.179. The average Bonchev–Trinajstić information content (AvgIpc) is 3.20. The van der Waals surface area contributed by atoms with Gasteiger partial charge in [0.1, 0.15) is 18.2 Å². The largest absolute Gasteiger partial charge is 0.511 e. The second kappa shape index (κ2) is 12.8. The van der Waals surface area contributed by atoms with Gasteiger partial charge in [-0.2, -0.15) is 0 Å². The van der Waals surface area contributed by atoms with Crippen LogP contribution in [0.3, 0.4) is 0 Å². The molecule has 2 aromatic rings. The predicted octanol–water partition coefficient (Wildman–Crippen LogP) is 3.61. The minimum absolute atomic E-state index is 0.0242. The highest BCUT2D eigenvalue weighted by Crippen LogP contribution is 2.24. The number of carbonyl (C=O) groups excluding carboxylic acids is 3. The number of amidine groups is 1. The van der Waals surface area contributed by atoms with Crippen molar-refractivity contribution in [1.82, 2.24) is 5.32 Å². The summed E-state index contributed by atoms with van der Waals surface area (Å²) in [6.07, 6.45) is -1.75. The zero-order valence-corrected chi connectivity index (χ0v) is 21.2. The Bertz CT molecular complexity index is 1100. The molecule has 1 fully saturated rings. The van der Waals surface area contributed by atoms with E-state index in [2.05, 4.69) is 5.32 Å². The molecule has 0 bridgehead atoms. The molecule has 0 aromatic heterocycles. The van der Waals surface area contributed by atoms with Gasteiger partial charge in [0, 0.05) is 12.5 Å². The number of benzene rings is 2. The Balaban J connectivity index is 1.42. The molecule has 1 aliphatic rings. The van der Waals surface area contributed by atoms with Crippen LogP contribution in [0.15, 0.2) is 48.5 Å². The fourth-order valence-electron chi connectivity index (χ4n) is 3.76. The van der Waals surface area contributed by atoms with E-state index in [1.54, 1.807) is 12.1 Å². The Morgan fingerprint density at radius 1 is 1.03 bits per heavy atom. The summed E-state index contributed by atoms with van der Waals surface area (Å²) in [6.45, 7) is 5.63. The van der Waals surface area contributed by atoms with Crippen LogP contribution in [0.25, 0.3) is 11.1 Å². The third-order valence-corrected chi connectivity index (χ3v) is 5.63. The van der Waals surface area contributed by atoms with Crippen LogP contribution in [0.2, 0.25) is 0 Å². The molecule has 0 saturated carbocycles. The number of rotatable bonds is 11. The maximum absolute atomic E-state index is 12.3. The maximum Gasteiger partial charge on any atom is 0.511 e. The van der Waals surface area contributed by atoms with E-state index >= 15 is 0 Å². The van der Waals surface area contributed by atoms with Gasteiger partial charge in [0.05, 0.1) is 25.0 Å². The molecule has 3 rings (SSSR count). The summed E-state index contributed by atoms with van der Waals surface area (Å²) < 4.78 is 20.7. The van der Waals surface area contributed by atoms with E-state index in [0.29, 0.717) is 17.7 Å². The molecule has 1 amide bonds. The summed E-state index contributed by atoms with van der Waals surface area (Å²) >= 11 is 0. The Morgan fingerprint density at radius 2 is 1.65 bits per heavy atom. The van der Waals surface area contributed by atoms with Crippen LogP contribution in [0, 0.1) is 17.2 Å². The first kappa shape index (κ1) is 27.5. The predicted molar refractivity (Wildman–Crippen MR) is 136 cm³/mol. The van der Waals surface area contributed by atoms with Crippen molar-refractivity contribution in [2.45, 2.75) is 45.9 Å². The van der Waals surface area contributed by atoms with Crippen LogP contribution in [-0.4, -0.2) is 49.4 Å². The van der Waals surface area contributed by atoms with Crippen molar-refractivity contribution >= 4 is 23.9 Å². The van der Waals surface area contributed by atoms with Gasteiger partial charge in [0.15, 0.2) is 0 Å². The molecule has 10 nitrogen and oxygen atoms in total. The van der Waals surface area contributed by atoms with Crippen molar-refractivity contribution in [3.05, 3.63) is 54.1 Å². The van der Waals surface area contributed by atoms with E-state index in [4.69, 9.17) is 30.1 Å². The first-order valence-electron chi connectivity index (χ1n) is 12.1. The standard InChI is InChI=1S/C27H33N3O7/c1-16(2)14-35-27(33)37-17(3)36-24(31)13-21-12-22(30-26(21)32)15-34-23-10-8-19(9-11-23)18-4-6-20(7-5-18)25(28)29/h4-11,16-17,21-22H,12-15H2,1-3H3,(H3,28,29)(H,30,32)/t17?,21-,22-/m0/s1. The molecule has 3 atom stereocenters. The van der Waals surface area contributed by atoms with Gasteiger partial charge < -0.3 is 30.0 Å². The fourth-order valence-corrected chi connectivity index (χ4v) is 3.76. The van der Waals surface area contributed by atoms with Gasteiger partial charge in [0.2, 0.25) is 12.2 Å². The molecule has 1 heterocycles. The van der Waals surface area contributed by atoms with Crippen LogP contribution in [0.5, 0.6) is 5.75 Å². The molecule has 10 heteroatoms. The molecule has 2 aromatic carbocycles. The van der Waals surface area contributed by atoms with E-state index in [0.717, 1.165) is 11.1 Å². The van der Waals surface area contributed by atoms with Crippen LogP contribution >= 0.6 is 0 Å². The normalized spacial score (nSPS) is 17.6. The van der Waals surface area contributed by atoms with Gasteiger partial charge in [-0.3, -0.25) is 15.0 Å². The molecule has 1 unspecified atom stereocenters. The molecule has 0 radical (unpaired) electrons. The lowest BCUT2D eigenvalue weighted by Crippen LogP contribution is -2.31. The average molecular weight is 512 g/mol. The lowest BCUT2D eigenvalue weighted by molar-refractivity contribution is -0.169. The van der Waals surface area contributed by atoms with Crippen molar-refractivity contribution < 1.29 is 33.3 Å². The van der Waals surface area contributed by atoms with E-state index in [9.17, 15) is 14.4 Å². The zero-order valence-electron chi connectivity index (χ0n) is 21.2. The number of nitrogens with two attached hydrogens (primary N) is 1. The number of hydrogen-bond donors (Lipinski definition) is 3. The van der Waals surface area contributed by atoms with Gasteiger partial charge in [-0.1, -0.05) is 50.2 Å². The number of esters is 1. The van der Waals surface area contributed by atoms with E-state index in [1.165, 1.54) is 6.92 Å². The van der Waals surface area contributed by atoms with E-state index < -0.39 is 24.3 Å². The molecule has 0 aliphatic carbocycles. The number of carbonyl (C=O) groups is 3. The molecule has 1 saturated heterocycles. The van der Waals surface area contributed by atoms with E-state index in [1.807, 2.05) is 50.2 Å². The van der Waals surface area contributed by atoms with Crippen molar-refractivity contribution in [2.24, 2.45) is 17.6 Å². The number of ether oxygens (including phenoxy) is 4. The molecule has 198 valence electrons. The smallest absolute Gasteiger partial charge is 0.491 e. The van der Waals surface area contributed by atoms with Crippen LogP contribution in [-0.2, 0) is 23.8 Å².